The lowest BCUT2D eigenvalue weighted by atomic mass is 10.00. The first-order valence-electron chi connectivity index (χ1n) is 6.19. The van der Waals surface area contributed by atoms with Crippen LogP contribution >= 0.6 is 12.2 Å². The number of rotatable bonds is 2. The second-order valence-electron chi connectivity index (χ2n) is 5.10. The van der Waals surface area contributed by atoms with Gasteiger partial charge in [0.05, 0.1) is 11.7 Å². The Kier molecular flexibility index (Phi) is 2.91. The van der Waals surface area contributed by atoms with E-state index >= 15 is 0 Å². The first-order valence-corrected chi connectivity index (χ1v) is 6.60. The van der Waals surface area contributed by atoms with E-state index < -0.39 is 0 Å². The van der Waals surface area contributed by atoms with Gasteiger partial charge in [-0.3, -0.25) is 0 Å². The van der Waals surface area contributed by atoms with E-state index in [1.165, 1.54) is 6.33 Å². The Balaban J connectivity index is 1.87. The fraction of sp³-hybridized carbons (Fsp3) is 0.583. The first kappa shape index (κ1) is 11.8. The van der Waals surface area contributed by atoms with Crippen molar-refractivity contribution in [3.63, 3.8) is 0 Å². The topological polar surface area (TPSA) is 75.3 Å². The van der Waals surface area contributed by atoms with Gasteiger partial charge in [0.2, 0.25) is 0 Å². The van der Waals surface area contributed by atoms with Crippen LogP contribution in [0.3, 0.4) is 0 Å². The van der Waals surface area contributed by atoms with Crippen LogP contribution in [-0.4, -0.2) is 39.3 Å². The Morgan fingerprint density at radius 1 is 1.44 bits per heavy atom. The highest BCUT2D eigenvalue weighted by Gasteiger charge is 2.42. The molecular weight excluding hydrogens is 248 g/mol. The number of hydrogen-bond donors (Lipinski definition) is 2. The van der Waals surface area contributed by atoms with Gasteiger partial charge in [-0.25, -0.2) is 9.97 Å². The molecule has 1 aliphatic carbocycles. The van der Waals surface area contributed by atoms with Crippen LogP contribution in [0.1, 0.15) is 18.4 Å². The van der Waals surface area contributed by atoms with Crippen molar-refractivity contribution in [1.82, 2.24) is 9.97 Å². The van der Waals surface area contributed by atoms with E-state index in [0.717, 1.165) is 37.3 Å². The average molecular weight is 264 g/mol. The standard InChI is InChI=1S/C12H16N4OS/c13-11(18)8-3-14-6-15-12(8)16-4-7-1-2-10(17)9(7)5-16/h3,6-7,9-10,17H,1-2,4-5H2,(H2,13,18). The van der Waals surface area contributed by atoms with Crippen LogP contribution in [0, 0.1) is 11.8 Å². The maximum absolute atomic E-state index is 9.93. The molecule has 0 amide bonds. The third kappa shape index (κ3) is 1.85. The summed E-state index contributed by atoms with van der Waals surface area (Å²) in [6.45, 7) is 1.76. The zero-order chi connectivity index (χ0) is 12.7. The van der Waals surface area contributed by atoms with Gasteiger partial charge in [-0.1, -0.05) is 12.2 Å². The predicted molar refractivity (Wildman–Crippen MR) is 72.4 cm³/mol. The molecule has 3 rings (SSSR count). The molecule has 3 atom stereocenters. The number of aliphatic hydroxyl groups is 1. The molecule has 1 aromatic rings. The Hall–Kier alpha value is -1.27. The molecule has 1 saturated heterocycles. The number of aliphatic hydroxyl groups excluding tert-OH is 1. The van der Waals surface area contributed by atoms with Crippen molar-refractivity contribution in [3.8, 4) is 0 Å². The highest BCUT2D eigenvalue weighted by atomic mass is 32.1. The van der Waals surface area contributed by atoms with Crippen molar-refractivity contribution in [2.45, 2.75) is 18.9 Å². The summed E-state index contributed by atoms with van der Waals surface area (Å²) >= 11 is 5.03. The highest BCUT2D eigenvalue weighted by molar-refractivity contribution is 7.80. The summed E-state index contributed by atoms with van der Waals surface area (Å²) in [5, 5.41) is 9.93. The molecule has 1 aromatic heterocycles. The number of nitrogens with zero attached hydrogens (tertiary/aromatic N) is 3. The Morgan fingerprint density at radius 3 is 3.00 bits per heavy atom. The van der Waals surface area contributed by atoms with Crippen LogP contribution < -0.4 is 10.6 Å². The molecule has 96 valence electrons. The van der Waals surface area contributed by atoms with Gasteiger partial charge in [0.15, 0.2) is 0 Å². The molecule has 1 saturated carbocycles. The van der Waals surface area contributed by atoms with E-state index in [0.29, 0.717) is 16.8 Å². The minimum atomic E-state index is -0.171. The van der Waals surface area contributed by atoms with Crippen molar-refractivity contribution < 1.29 is 5.11 Å². The maximum Gasteiger partial charge on any atom is 0.142 e. The van der Waals surface area contributed by atoms with Crippen molar-refractivity contribution >= 4 is 23.0 Å². The number of hydrogen-bond acceptors (Lipinski definition) is 5. The predicted octanol–water partition coefficient (Wildman–Crippen LogP) is 0.318. The third-order valence-electron chi connectivity index (χ3n) is 4.08. The first-order chi connectivity index (χ1) is 8.66. The van der Waals surface area contributed by atoms with Crippen molar-refractivity contribution in [2.24, 2.45) is 17.6 Å². The van der Waals surface area contributed by atoms with Gasteiger partial charge in [-0.05, 0) is 18.8 Å². The van der Waals surface area contributed by atoms with E-state index in [1.54, 1.807) is 6.20 Å². The van der Waals surface area contributed by atoms with Crippen LogP contribution in [0.25, 0.3) is 0 Å². The molecular formula is C12H16N4OS. The number of aromatic nitrogens is 2. The second-order valence-corrected chi connectivity index (χ2v) is 5.54. The van der Waals surface area contributed by atoms with Gasteiger partial charge in [-0.2, -0.15) is 0 Å². The van der Waals surface area contributed by atoms with E-state index in [-0.39, 0.29) is 6.10 Å². The van der Waals surface area contributed by atoms with Gasteiger partial charge >= 0.3 is 0 Å². The molecule has 0 radical (unpaired) electrons. The lowest BCUT2D eigenvalue weighted by Gasteiger charge is -2.21. The molecule has 2 heterocycles. The third-order valence-corrected chi connectivity index (χ3v) is 4.30. The molecule has 2 fully saturated rings. The van der Waals surface area contributed by atoms with Crippen LogP contribution in [-0.2, 0) is 0 Å². The Morgan fingerprint density at radius 2 is 2.28 bits per heavy atom. The van der Waals surface area contributed by atoms with Crippen LogP contribution in [0.5, 0.6) is 0 Å². The quantitative estimate of drug-likeness (QED) is 0.749. The zero-order valence-electron chi connectivity index (χ0n) is 9.99. The second kappa shape index (κ2) is 4.44. The monoisotopic (exact) mass is 264 g/mol. The van der Waals surface area contributed by atoms with Crippen LogP contribution in [0.2, 0.25) is 0 Å². The summed E-state index contributed by atoms with van der Waals surface area (Å²) in [4.78, 5) is 10.8. The summed E-state index contributed by atoms with van der Waals surface area (Å²) in [6.07, 6.45) is 5.02. The fourth-order valence-electron chi connectivity index (χ4n) is 3.16. The molecule has 3 N–H and O–H groups in total. The maximum atomic E-state index is 9.93. The van der Waals surface area contributed by atoms with Crippen molar-refractivity contribution in [3.05, 3.63) is 18.1 Å². The minimum absolute atomic E-state index is 0.171. The summed E-state index contributed by atoms with van der Waals surface area (Å²) in [7, 11) is 0. The zero-order valence-corrected chi connectivity index (χ0v) is 10.8. The summed E-state index contributed by atoms with van der Waals surface area (Å²) in [5.41, 5.74) is 6.42. The molecule has 0 bridgehead atoms. The summed E-state index contributed by atoms with van der Waals surface area (Å²) in [6, 6.07) is 0. The lowest BCUT2D eigenvalue weighted by Crippen LogP contribution is -2.27. The van der Waals surface area contributed by atoms with Gasteiger partial charge in [0, 0.05) is 25.2 Å². The minimum Gasteiger partial charge on any atom is -0.393 e. The van der Waals surface area contributed by atoms with Gasteiger partial charge < -0.3 is 15.7 Å². The molecule has 1 aliphatic heterocycles. The Labute approximate surface area is 111 Å². The highest BCUT2D eigenvalue weighted by Crippen LogP contribution is 2.39. The average Bonchev–Trinajstić information content (AvgIpc) is 2.92. The number of nitrogens with two attached hydrogens (primary N) is 1. The molecule has 2 aliphatic rings. The normalized spacial score (nSPS) is 30.5. The van der Waals surface area contributed by atoms with Crippen molar-refractivity contribution in [2.75, 3.05) is 18.0 Å². The number of thiocarbonyl (C=S) groups is 1. The molecule has 0 aromatic carbocycles. The van der Waals surface area contributed by atoms with Gasteiger partial charge in [-0.15, -0.1) is 0 Å². The number of fused-ring (bicyclic) bond motifs is 1. The SMILES string of the molecule is NC(=S)c1cncnc1N1CC2CCC(O)C2C1. The summed E-state index contributed by atoms with van der Waals surface area (Å²) < 4.78 is 0. The largest absolute Gasteiger partial charge is 0.393 e. The van der Waals surface area contributed by atoms with Crippen LogP contribution in [0.15, 0.2) is 12.5 Å². The number of anilines is 1. The van der Waals surface area contributed by atoms with E-state index in [1.807, 2.05) is 0 Å². The van der Waals surface area contributed by atoms with Gasteiger partial charge in [0.25, 0.3) is 0 Å². The molecule has 18 heavy (non-hydrogen) atoms. The molecule has 3 unspecified atom stereocenters. The van der Waals surface area contributed by atoms with E-state index in [4.69, 9.17) is 18.0 Å². The van der Waals surface area contributed by atoms with E-state index in [2.05, 4.69) is 14.9 Å². The lowest BCUT2D eigenvalue weighted by molar-refractivity contribution is 0.133. The van der Waals surface area contributed by atoms with E-state index in [9.17, 15) is 5.11 Å². The molecule has 5 nitrogen and oxygen atoms in total. The fourth-order valence-corrected chi connectivity index (χ4v) is 3.30. The molecule has 0 spiro atoms. The van der Waals surface area contributed by atoms with Crippen LogP contribution in [0.4, 0.5) is 5.82 Å². The smallest absolute Gasteiger partial charge is 0.142 e. The van der Waals surface area contributed by atoms with Gasteiger partial charge in [0.1, 0.15) is 17.1 Å². The van der Waals surface area contributed by atoms with Crippen molar-refractivity contribution in [1.29, 1.82) is 0 Å². The Bertz CT molecular complexity index is 481. The summed E-state index contributed by atoms with van der Waals surface area (Å²) in [5.74, 6) is 1.73. The molecule has 6 heteroatoms.